The van der Waals surface area contributed by atoms with Crippen LogP contribution in [0.5, 0.6) is 5.75 Å². The van der Waals surface area contributed by atoms with Crippen molar-refractivity contribution >= 4 is 15.9 Å². The number of ether oxygens (including phenoxy) is 1. The minimum absolute atomic E-state index is 0.0507. The molecule has 4 rings (SSSR count). The Kier molecular flexibility index (Phi) is 6.31. The van der Waals surface area contributed by atoms with E-state index < -0.39 is 26.7 Å². The molecule has 0 radical (unpaired) electrons. The van der Waals surface area contributed by atoms with Crippen LogP contribution < -0.4 is 20.1 Å². The lowest BCUT2D eigenvalue weighted by Crippen LogP contribution is -2.61. The summed E-state index contributed by atoms with van der Waals surface area (Å²) in [6.07, 6.45) is 2.84. The molecule has 1 aliphatic heterocycles. The van der Waals surface area contributed by atoms with E-state index in [1.165, 1.54) is 7.11 Å². The standard InChI is InChI=1S/C23H29N3O4S/c1-30-20-10-6-5-9-19(20)21(27)25-22(31(28,29)26-18-11-12-18)23(13-15-24-16-14-23)17-7-3-2-4-8-17/h2-10,18,22,24,26H,11-16H2,1H3,(H,25,27). The normalized spacial score (nSPS) is 19.4. The molecule has 1 saturated carbocycles. The van der Waals surface area contributed by atoms with E-state index >= 15 is 0 Å². The van der Waals surface area contributed by atoms with Crippen LogP contribution in [0, 0.1) is 0 Å². The summed E-state index contributed by atoms with van der Waals surface area (Å²) in [4.78, 5) is 13.3. The third-order valence-corrected chi connectivity index (χ3v) is 8.03. The van der Waals surface area contributed by atoms with E-state index in [0.717, 1.165) is 18.4 Å². The average Bonchev–Trinajstić information content (AvgIpc) is 3.61. The highest BCUT2D eigenvalue weighted by molar-refractivity contribution is 7.90. The fourth-order valence-corrected chi connectivity index (χ4v) is 6.45. The molecule has 1 saturated heterocycles. The molecular weight excluding hydrogens is 414 g/mol. The number of rotatable bonds is 8. The maximum absolute atomic E-state index is 13.6. The fourth-order valence-electron chi connectivity index (χ4n) is 4.39. The van der Waals surface area contributed by atoms with Crippen LogP contribution in [0.1, 0.15) is 41.6 Å². The smallest absolute Gasteiger partial charge is 0.256 e. The summed E-state index contributed by atoms with van der Waals surface area (Å²) < 4.78 is 35.3. The average molecular weight is 444 g/mol. The van der Waals surface area contributed by atoms with Crippen LogP contribution in [0.15, 0.2) is 54.6 Å². The summed E-state index contributed by atoms with van der Waals surface area (Å²) >= 11 is 0. The van der Waals surface area contributed by atoms with E-state index in [-0.39, 0.29) is 6.04 Å². The van der Waals surface area contributed by atoms with Crippen molar-refractivity contribution in [3.8, 4) is 5.75 Å². The number of para-hydroxylation sites is 1. The van der Waals surface area contributed by atoms with E-state index in [1.54, 1.807) is 24.3 Å². The van der Waals surface area contributed by atoms with Gasteiger partial charge in [-0.3, -0.25) is 4.79 Å². The van der Waals surface area contributed by atoms with E-state index in [4.69, 9.17) is 4.74 Å². The topological polar surface area (TPSA) is 96.5 Å². The predicted octanol–water partition coefficient (Wildman–Crippen LogP) is 2.15. The Hall–Kier alpha value is -2.42. The van der Waals surface area contributed by atoms with Gasteiger partial charge in [0.05, 0.1) is 12.7 Å². The Morgan fingerprint density at radius 2 is 1.71 bits per heavy atom. The van der Waals surface area contributed by atoms with Gasteiger partial charge in [-0.2, -0.15) is 0 Å². The molecule has 3 N–H and O–H groups in total. The van der Waals surface area contributed by atoms with Crippen molar-refractivity contribution in [2.45, 2.75) is 42.5 Å². The van der Waals surface area contributed by atoms with Gasteiger partial charge >= 0.3 is 0 Å². The lowest BCUT2D eigenvalue weighted by molar-refractivity contribution is 0.0922. The molecular formula is C23H29N3O4S. The SMILES string of the molecule is COc1ccccc1C(=O)NC(C1(c2ccccc2)CCNCC1)S(=O)(=O)NC1CC1. The summed E-state index contributed by atoms with van der Waals surface area (Å²) in [5, 5.41) is 5.11. The number of carbonyl (C=O) groups is 1. The molecule has 7 nitrogen and oxygen atoms in total. The van der Waals surface area contributed by atoms with Crippen molar-refractivity contribution in [2.24, 2.45) is 0 Å². The highest BCUT2D eigenvalue weighted by atomic mass is 32.2. The first-order valence-corrected chi connectivity index (χ1v) is 12.2. The monoisotopic (exact) mass is 443 g/mol. The summed E-state index contributed by atoms with van der Waals surface area (Å²) in [5.41, 5.74) is 0.488. The van der Waals surface area contributed by atoms with Crippen LogP contribution in [0.25, 0.3) is 0 Å². The van der Waals surface area contributed by atoms with E-state index in [2.05, 4.69) is 15.4 Å². The van der Waals surface area contributed by atoms with Crippen molar-refractivity contribution in [3.63, 3.8) is 0 Å². The van der Waals surface area contributed by atoms with Gasteiger partial charge in [0.1, 0.15) is 5.75 Å². The maximum Gasteiger partial charge on any atom is 0.256 e. The number of methoxy groups -OCH3 is 1. The van der Waals surface area contributed by atoms with Crippen LogP contribution in [0.2, 0.25) is 0 Å². The number of sulfonamides is 1. The zero-order chi connectivity index (χ0) is 21.9. The zero-order valence-electron chi connectivity index (χ0n) is 17.6. The molecule has 31 heavy (non-hydrogen) atoms. The lowest BCUT2D eigenvalue weighted by Gasteiger charge is -2.44. The molecule has 1 amide bonds. The van der Waals surface area contributed by atoms with Gasteiger partial charge in [0.15, 0.2) is 5.37 Å². The first-order valence-electron chi connectivity index (χ1n) is 10.7. The molecule has 1 atom stereocenters. The molecule has 2 fully saturated rings. The number of carbonyl (C=O) groups excluding carboxylic acids is 1. The Balaban J connectivity index is 1.77. The van der Waals surface area contributed by atoms with Gasteiger partial charge in [-0.05, 0) is 56.5 Å². The maximum atomic E-state index is 13.6. The summed E-state index contributed by atoms with van der Waals surface area (Å²) in [6.45, 7) is 1.35. The Morgan fingerprint density at radius 1 is 1.06 bits per heavy atom. The number of hydrogen-bond acceptors (Lipinski definition) is 5. The van der Waals surface area contributed by atoms with Gasteiger partial charge < -0.3 is 15.4 Å². The number of amides is 1. The predicted molar refractivity (Wildman–Crippen MR) is 120 cm³/mol. The molecule has 0 bridgehead atoms. The summed E-state index contributed by atoms with van der Waals surface area (Å²) in [7, 11) is -2.35. The minimum Gasteiger partial charge on any atom is -0.496 e. The van der Waals surface area contributed by atoms with Crippen molar-refractivity contribution in [1.82, 2.24) is 15.4 Å². The molecule has 0 aromatic heterocycles. The van der Waals surface area contributed by atoms with Crippen molar-refractivity contribution in [2.75, 3.05) is 20.2 Å². The third kappa shape index (κ3) is 4.61. The first-order chi connectivity index (χ1) is 15.0. The molecule has 166 valence electrons. The first kappa shape index (κ1) is 21.8. The molecule has 2 aromatic rings. The highest BCUT2D eigenvalue weighted by Crippen LogP contribution is 2.40. The van der Waals surface area contributed by atoms with Gasteiger partial charge in [-0.25, -0.2) is 13.1 Å². The number of nitrogens with one attached hydrogen (secondary N) is 3. The molecule has 1 aliphatic carbocycles. The second kappa shape index (κ2) is 8.98. The largest absolute Gasteiger partial charge is 0.496 e. The number of piperidine rings is 1. The molecule has 0 spiro atoms. The molecule has 1 heterocycles. The van der Waals surface area contributed by atoms with Gasteiger partial charge in [-0.1, -0.05) is 42.5 Å². The van der Waals surface area contributed by atoms with Gasteiger partial charge in [0.25, 0.3) is 5.91 Å². The van der Waals surface area contributed by atoms with Crippen LogP contribution in [-0.4, -0.2) is 45.9 Å². The van der Waals surface area contributed by atoms with Crippen molar-refractivity contribution < 1.29 is 17.9 Å². The second-order valence-corrected chi connectivity index (χ2v) is 10.1. The third-order valence-electron chi connectivity index (χ3n) is 6.18. The van der Waals surface area contributed by atoms with Crippen LogP contribution >= 0.6 is 0 Å². The summed E-state index contributed by atoms with van der Waals surface area (Å²) in [5.74, 6) is -0.0529. The Morgan fingerprint density at radius 3 is 2.35 bits per heavy atom. The molecule has 1 unspecified atom stereocenters. The van der Waals surface area contributed by atoms with E-state index in [1.807, 2.05) is 30.3 Å². The molecule has 2 aliphatic rings. The van der Waals surface area contributed by atoms with E-state index in [0.29, 0.717) is 37.2 Å². The fraction of sp³-hybridized carbons (Fsp3) is 0.435. The minimum atomic E-state index is -3.84. The Bertz CT molecular complexity index is 1020. The lowest BCUT2D eigenvalue weighted by atomic mass is 9.72. The van der Waals surface area contributed by atoms with E-state index in [9.17, 15) is 13.2 Å². The van der Waals surface area contributed by atoms with Crippen LogP contribution in [0.3, 0.4) is 0 Å². The number of benzene rings is 2. The van der Waals surface area contributed by atoms with Gasteiger partial charge in [-0.15, -0.1) is 0 Å². The van der Waals surface area contributed by atoms with Gasteiger partial charge in [0, 0.05) is 11.5 Å². The molecule has 8 heteroatoms. The van der Waals surface area contributed by atoms with Crippen molar-refractivity contribution in [3.05, 3.63) is 65.7 Å². The van der Waals surface area contributed by atoms with Crippen molar-refractivity contribution in [1.29, 1.82) is 0 Å². The molecule has 2 aromatic carbocycles. The zero-order valence-corrected chi connectivity index (χ0v) is 18.5. The quantitative estimate of drug-likeness (QED) is 0.581. The second-order valence-electron chi connectivity index (χ2n) is 8.26. The number of hydrogen-bond donors (Lipinski definition) is 3. The van der Waals surface area contributed by atoms with Gasteiger partial charge in [0.2, 0.25) is 10.0 Å². The highest BCUT2D eigenvalue weighted by Gasteiger charge is 2.50. The Labute approximate surface area is 183 Å². The van der Waals surface area contributed by atoms with Crippen LogP contribution in [0.4, 0.5) is 0 Å². The van der Waals surface area contributed by atoms with Crippen LogP contribution in [-0.2, 0) is 15.4 Å². The summed E-state index contributed by atoms with van der Waals surface area (Å²) in [6, 6.07) is 16.5.